The number of nitrogens with zero attached hydrogens (tertiary/aromatic N) is 3. The minimum Gasteiger partial charge on any atom is -0.383 e. The van der Waals surface area contributed by atoms with Gasteiger partial charge in [0.1, 0.15) is 0 Å². The van der Waals surface area contributed by atoms with E-state index in [9.17, 15) is 0 Å². The predicted molar refractivity (Wildman–Crippen MR) is 84.8 cm³/mol. The average Bonchev–Trinajstić information content (AvgIpc) is 3.12. The van der Waals surface area contributed by atoms with Gasteiger partial charge in [-0.1, -0.05) is 0 Å². The second kappa shape index (κ2) is 7.96. The van der Waals surface area contributed by atoms with Crippen LogP contribution in [0.15, 0.2) is 4.99 Å². The fraction of sp³-hybridized carbons (Fsp3) is 0.933. The lowest BCUT2D eigenvalue weighted by Gasteiger charge is -2.25. The average molecular weight is 298 g/mol. The van der Waals surface area contributed by atoms with Gasteiger partial charge in [0, 0.05) is 58.9 Å². The molecule has 0 aromatic carbocycles. The van der Waals surface area contributed by atoms with Gasteiger partial charge in [-0.05, 0) is 19.9 Å². The van der Waals surface area contributed by atoms with Crippen molar-refractivity contribution in [2.45, 2.75) is 12.8 Å². The van der Waals surface area contributed by atoms with E-state index in [-0.39, 0.29) is 0 Å². The lowest BCUT2D eigenvalue weighted by atomic mass is 9.87. The van der Waals surface area contributed by atoms with E-state index < -0.39 is 0 Å². The lowest BCUT2D eigenvalue weighted by molar-refractivity contribution is 0.156. The van der Waals surface area contributed by atoms with E-state index in [0.29, 0.717) is 5.41 Å². The van der Waals surface area contributed by atoms with Gasteiger partial charge >= 0.3 is 0 Å². The Morgan fingerprint density at radius 3 is 2.95 bits per heavy atom. The van der Waals surface area contributed by atoms with Crippen LogP contribution < -0.4 is 5.32 Å². The second-order valence-corrected chi connectivity index (χ2v) is 6.24. The number of rotatable bonds is 6. The van der Waals surface area contributed by atoms with Gasteiger partial charge in [-0.15, -0.1) is 0 Å². The van der Waals surface area contributed by atoms with Gasteiger partial charge in [-0.25, -0.2) is 0 Å². The van der Waals surface area contributed by atoms with Crippen LogP contribution in [0.5, 0.6) is 0 Å². The zero-order valence-corrected chi connectivity index (χ0v) is 13.7. The molecular weight excluding hydrogens is 268 g/mol. The van der Waals surface area contributed by atoms with E-state index in [1.54, 1.807) is 7.11 Å². The normalized spacial score (nSPS) is 26.3. The number of hydrogen-bond donors (Lipinski definition) is 1. The van der Waals surface area contributed by atoms with Crippen LogP contribution in [-0.4, -0.2) is 89.5 Å². The van der Waals surface area contributed by atoms with Crippen molar-refractivity contribution in [1.82, 2.24) is 15.1 Å². The standard InChI is InChI=1S/C15H30N4O2/c1-16-14(17-6-8-18(2)9-11-20-3)19-7-4-15(12-19)5-10-21-13-15/h4-13H2,1-3H3,(H,16,17). The molecule has 2 aliphatic heterocycles. The third-order valence-electron chi connectivity index (χ3n) is 4.59. The maximum atomic E-state index is 5.59. The molecule has 6 nitrogen and oxygen atoms in total. The summed E-state index contributed by atoms with van der Waals surface area (Å²) in [6.07, 6.45) is 2.42. The molecule has 6 heteroatoms. The summed E-state index contributed by atoms with van der Waals surface area (Å²) in [4.78, 5) is 9.07. The third kappa shape index (κ3) is 4.56. The third-order valence-corrected chi connectivity index (χ3v) is 4.59. The highest BCUT2D eigenvalue weighted by Crippen LogP contribution is 2.37. The number of ether oxygens (including phenoxy) is 2. The first-order valence-electron chi connectivity index (χ1n) is 7.90. The summed E-state index contributed by atoms with van der Waals surface area (Å²) in [5.74, 6) is 1.03. The minimum atomic E-state index is 0.382. The maximum Gasteiger partial charge on any atom is 0.193 e. The molecule has 2 aliphatic rings. The highest BCUT2D eigenvalue weighted by molar-refractivity contribution is 5.80. The topological polar surface area (TPSA) is 49.3 Å². The van der Waals surface area contributed by atoms with Crippen molar-refractivity contribution < 1.29 is 9.47 Å². The summed E-state index contributed by atoms with van der Waals surface area (Å²) in [6.45, 7) is 7.64. The van der Waals surface area contributed by atoms with E-state index in [0.717, 1.165) is 58.5 Å². The molecule has 0 aliphatic carbocycles. The Morgan fingerprint density at radius 1 is 1.43 bits per heavy atom. The molecule has 0 amide bonds. The Bertz CT molecular complexity index is 343. The molecule has 2 fully saturated rings. The van der Waals surface area contributed by atoms with Crippen LogP contribution >= 0.6 is 0 Å². The Balaban J connectivity index is 1.71. The Morgan fingerprint density at radius 2 is 2.29 bits per heavy atom. The molecule has 0 bridgehead atoms. The number of likely N-dealkylation sites (tertiary alicyclic amines) is 1. The molecule has 1 atom stereocenters. The first-order chi connectivity index (χ1) is 10.2. The van der Waals surface area contributed by atoms with Gasteiger partial charge in [0.2, 0.25) is 0 Å². The fourth-order valence-corrected chi connectivity index (χ4v) is 3.14. The number of guanidine groups is 1. The zero-order chi connectivity index (χ0) is 15.1. The molecule has 2 saturated heterocycles. The van der Waals surface area contributed by atoms with Gasteiger partial charge in [0.05, 0.1) is 13.2 Å². The summed E-state index contributed by atoms with van der Waals surface area (Å²) < 4.78 is 10.7. The van der Waals surface area contributed by atoms with Gasteiger partial charge in [-0.2, -0.15) is 0 Å². The van der Waals surface area contributed by atoms with Gasteiger partial charge in [0.15, 0.2) is 5.96 Å². The summed E-state index contributed by atoms with van der Waals surface area (Å²) in [7, 11) is 5.72. The fourth-order valence-electron chi connectivity index (χ4n) is 3.14. The largest absolute Gasteiger partial charge is 0.383 e. The highest BCUT2D eigenvalue weighted by atomic mass is 16.5. The van der Waals surface area contributed by atoms with Crippen LogP contribution in [-0.2, 0) is 9.47 Å². The Labute approximate surface area is 128 Å². The molecule has 122 valence electrons. The molecule has 2 rings (SSSR count). The quantitative estimate of drug-likeness (QED) is 0.563. The van der Waals surface area contributed by atoms with E-state index in [1.807, 2.05) is 7.05 Å². The van der Waals surface area contributed by atoms with Crippen LogP contribution in [0.1, 0.15) is 12.8 Å². The summed E-state index contributed by atoms with van der Waals surface area (Å²) >= 11 is 0. The Hall–Kier alpha value is -0.850. The van der Waals surface area contributed by atoms with Crippen molar-refractivity contribution in [2.75, 3.05) is 73.7 Å². The SMILES string of the molecule is CN=C(NCCN(C)CCOC)N1CCC2(CCOC2)C1. The van der Waals surface area contributed by atoms with Crippen LogP contribution in [0, 0.1) is 5.41 Å². The number of nitrogens with one attached hydrogen (secondary N) is 1. The molecular formula is C15H30N4O2. The van der Waals surface area contributed by atoms with E-state index in [1.165, 1.54) is 12.8 Å². The van der Waals surface area contributed by atoms with Crippen LogP contribution in [0.4, 0.5) is 0 Å². The predicted octanol–water partition coefficient (Wildman–Crippen LogP) is 0.252. The first kappa shape index (κ1) is 16.5. The van der Waals surface area contributed by atoms with Crippen LogP contribution in [0.3, 0.4) is 0 Å². The number of hydrogen-bond acceptors (Lipinski definition) is 4. The summed E-state index contributed by atoms with van der Waals surface area (Å²) in [5, 5.41) is 3.48. The number of methoxy groups -OCH3 is 1. The molecule has 0 aromatic heterocycles. The van der Waals surface area contributed by atoms with E-state index >= 15 is 0 Å². The molecule has 0 radical (unpaired) electrons. The molecule has 2 heterocycles. The highest BCUT2D eigenvalue weighted by Gasteiger charge is 2.42. The smallest absolute Gasteiger partial charge is 0.193 e. The van der Waals surface area contributed by atoms with E-state index in [4.69, 9.17) is 9.47 Å². The maximum absolute atomic E-state index is 5.59. The van der Waals surface area contributed by atoms with Crippen molar-refractivity contribution in [3.05, 3.63) is 0 Å². The van der Waals surface area contributed by atoms with Crippen LogP contribution in [0.25, 0.3) is 0 Å². The Kier molecular flexibility index (Phi) is 6.26. The van der Waals surface area contributed by atoms with Crippen molar-refractivity contribution in [1.29, 1.82) is 0 Å². The van der Waals surface area contributed by atoms with Crippen molar-refractivity contribution >= 4 is 5.96 Å². The number of likely N-dealkylation sites (N-methyl/N-ethyl adjacent to an activating group) is 1. The lowest BCUT2D eigenvalue weighted by Crippen LogP contribution is -2.44. The van der Waals surface area contributed by atoms with Crippen molar-refractivity contribution in [2.24, 2.45) is 10.4 Å². The molecule has 0 aromatic rings. The van der Waals surface area contributed by atoms with Crippen LogP contribution in [0.2, 0.25) is 0 Å². The van der Waals surface area contributed by atoms with Crippen molar-refractivity contribution in [3.8, 4) is 0 Å². The molecule has 1 unspecified atom stereocenters. The minimum absolute atomic E-state index is 0.382. The number of aliphatic imine (C=N–C) groups is 1. The van der Waals surface area contributed by atoms with Gasteiger partial charge in [-0.3, -0.25) is 4.99 Å². The van der Waals surface area contributed by atoms with E-state index in [2.05, 4.69) is 27.2 Å². The first-order valence-corrected chi connectivity index (χ1v) is 7.90. The summed E-state index contributed by atoms with van der Waals surface area (Å²) in [5.41, 5.74) is 0.382. The molecule has 0 saturated carbocycles. The second-order valence-electron chi connectivity index (χ2n) is 6.24. The van der Waals surface area contributed by atoms with Crippen molar-refractivity contribution in [3.63, 3.8) is 0 Å². The molecule has 21 heavy (non-hydrogen) atoms. The van der Waals surface area contributed by atoms with Gasteiger partial charge in [0.25, 0.3) is 0 Å². The zero-order valence-electron chi connectivity index (χ0n) is 13.7. The monoisotopic (exact) mass is 298 g/mol. The van der Waals surface area contributed by atoms with Gasteiger partial charge < -0.3 is 24.6 Å². The molecule has 1 N–H and O–H groups in total. The molecule has 1 spiro atoms. The summed E-state index contributed by atoms with van der Waals surface area (Å²) in [6, 6.07) is 0.